The van der Waals surface area contributed by atoms with Crippen molar-refractivity contribution < 1.29 is 10.2 Å². The third kappa shape index (κ3) is 18.4. The summed E-state index contributed by atoms with van der Waals surface area (Å²) in [6.45, 7) is 17.1. The molecule has 3 nitrogen and oxygen atoms in total. The molecule has 0 aromatic heterocycles. The van der Waals surface area contributed by atoms with E-state index < -0.39 is 11.2 Å². The standard InChI is InChI=1S/C8H18O2.C6H15N/c1-7(2,9)5-6-8(3,4)10;1-4-7(5-2)6-3/h9-10H,5-6H2,1-4H3;4-6H2,1-3H3. The van der Waals surface area contributed by atoms with Crippen LogP contribution in [-0.4, -0.2) is 45.9 Å². The first-order valence-electron chi connectivity index (χ1n) is 6.72. The predicted molar refractivity (Wildman–Crippen MR) is 75.3 cm³/mol. The molecular formula is C14H33NO2. The molecular weight excluding hydrogens is 214 g/mol. The molecule has 0 bridgehead atoms. The Morgan fingerprint density at radius 2 is 0.941 bits per heavy atom. The van der Waals surface area contributed by atoms with Gasteiger partial charge >= 0.3 is 0 Å². The first-order chi connectivity index (χ1) is 7.55. The lowest BCUT2D eigenvalue weighted by Gasteiger charge is -2.23. The molecule has 0 rings (SSSR count). The minimum atomic E-state index is -0.653. The Labute approximate surface area is 108 Å². The Hall–Kier alpha value is -0.120. The van der Waals surface area contributed by atoms with Gasteiger partial charge in [-0.25, -0.2) is 0 Å². The summed E-state index contributed by atoms with van der Waals surface area (Å²) in [5, 5.41) is 18.5. The third-order valence-corrected chi connectivity index (χ3v) is 2.69. The van der Waals surface area contributed by atoms with Crippen LogP contribution in [0.3, 0.4) is 0 Å². The van der Waals surface area contributed by atoms with Gasteiger partial charge in [0, 0.05) is 0 Å². The SMILES string of the molecule is CC(C)(O)CCC(C)(C)O.CCN(CC)CC. The van der Waals surface area contributed by atoms with Crippen molar-refractivity contribution in [3.63, 3.8) is 0 Å². The number of aliphatic hydroxyl groups is 2. The van der Waals surface area contributed by atoms with Crippen molar-refractivity contribution in [1.29, 1.82) is 0 Å². The minimum Gasteiger partial charge on any atom is -0.390 e. The summed E-state index contributed by atoms with van der Waals surface area (Å²) in [5.74, 6) is 0. The normalized spacial score (nSPS) is 12.4. The lowest BCUT2D eigenvalue weighted by Crippen LogP contribution is -2.26. The fraction of sp³-hybridized carbons (Fsp3) is 1.00. The monoisotopic (exact) mass is 247 g/mol. The van der Waals surface area contributed by atoms with E-state index in [-0.39, 0.29) is 0 Å². The van der Waals surface area contributed by atoms with E-state index in [4.69, 9.17) is 0 Å². The summed E-state index contributed by atoms with van der Waals surface area (Å²) < 4.78 is 0. The predicted octanol–water partition coefficient (Wildman–Crippen LogP) is 2.66. The summed E-state index contributed by atoms with van der Waals surface area (Å²) >= 11 is 0. The Morgan fingerprint density at radius 3 is 1.00 bits per heavy atom. The molecule has 0 aliphatic carbocycles. The fourth-order valence-electron chi connectivity index (χ4n) is 1.28. The molecule has 0 spiro atoms. The topological polar surface area (TPSA) is 43.7 Å². The van der Waals surface area contributed by atoms with Crippen molar-refractivity contribution in [3.05, 3.63) is 0 Å². The Kier molecular flexibility index (Phi) is 10.1. The summed E-state index contributed by atoms with van der Waals surface area (Å²) in [7, 11) is 0. The van der Waals surface area contributed by atoms with Crippen LogP contribution < -0.4 is 0 Å². The molecule has 0 saturated carbocycles. The van der Waals surface area contributed by atoms with Gasteiger partial charge in [0.25, 0.3) is 0 Å². The average Bonchev–Trinajstić information content (AvgIpc) is 2.17. The van der Waals surface area contributed by atoms with Gasteiger partial charge in [0.1, 0.15) is 0 Å². The van der Waals surface area contributed by atoms with Crippen LogP contribution in [-0.2, 0) is 0 Å². The number of hydrogen-bond donors (Lipinski definition) is 2. The van der Waals surface area contributed by atoms with Crippen LogP contribution in [0.5, 0.6) is 0 Å². The van der Waals surface area contributed by atoms with Crippen molar-refractivity contribution in [2.75, 3.05) is 19.6 Å². The molecule has 0 atom stereocenters. The highest BCUT2D eigenvalue weighted by atomic mass is 16.3. The van der Waals surface area contributed by atoms with Crippen LogP contribution in [0, 0.1) is 0 Å². The molecule has 2 N–H and O–H groups in total. The zero-order valence-corrected chi connectivity index (χ0v) is 12.9. The van der Waals surface area contributed by atoms with Gasteiger partial charge < -0.3 is 15.1 Å². The molecule has 0 aromatic rings. The molecule has 0 saturated heterocycles. The van der Waals surface area contributed by atoms with Crippen LogP contribution in [0.15, 0.2) is 0 Å². The van der Waals surface area contributed by atoms with Crippen molar-refractivity contribution in [2.24, 2.45) is 0 Å². The van der Waals surface area contributed by atoms with Gasteiger partial charge in [-0.05, 0) is 60.2 Å². The van der Waals surface area contributed by atoms with Gasteiger partial charge in [0.15, 0.2) is 0 Å². The third-order valence-electron chi connectivity index (χ3n) is 2.69. The Balaban J connectivity index is 0. The molecule has 0 aliphatic rings. The second kappa shape index (κ2) is 8.90. The number of hydrogen-bond acceptors (Lipinski definition) is 3. The second-order valence-corrected chi connectivity index (χ2v) is 5.74. The average molecular weight is 247 g/mol. The van der Waals surface area contributed by atoms with E-state index >= 15 is 0 Å². The van der Waals surface area contributed by atoms with Crippen LogP contribution >= 0.6 is 0 Å². The maximum atomic E-state index is 9.27. The molecule has 0 fully saturated rings. The Morgan fingerprint density at radius 1 is 0.706 bits per heavy atom. The summed E-state index contributed by atoms with van der Waals surface area (Å²) in [5.41, 5.74) is -1.31. The van der Waals surface area contributed by atoms with E-state index in [1.54, 1.807) is 27.7 Å². The molecule has 0 aliphatic heterocycles. The van der Waals surface area contributed by atoms with Crippen LogP contribution in [0.4, 0.5) is 0 Å². The lowest BCUT2D eigenvalue weighted by atomic mass is 9.94. The first-order valence-corrected chi connectivity index (χ1v) is 6.72. The van der Waals surface area contributed by atoms with E-state index in [0.29, 0.717) is 12.8 Å². The summed E-state index contributed by atoms with van der Waals surface area (Å²) in [4.78, 5) is 2.38. The van der Waals surface area contributed by atoms with Crippen LogP contribution in [0.25, 0.3) is 0 Å². The van der Waals surface area contributed by atoms with Crippen molar-refractivity contribution in [1.82, 2.24) is 4.90 Å². The first kappa shape index (κ1) is 19.2. The van der Waals surface area contributed by atoms with Crippen LogP contribution in [0.1, 0.15) is 61.3 Å². The fourth-order valence-corrected chi connectivity index (χ4v) is 1.28. The van der Waals surface area contributed by atoms with E-state index in [1.165, 1.54) is 19.6 Å². The highest BCUT2D eigenvalue weighted by Gasteiger charge is 2.19. The lowest BCUT2D eigenvalue weighted by molar-refractivity contribution is 0.0169. The summed E-state index contributed by atoms with van der Waals surface area (Å²) in [6.07, 6.45) is 1.27. The Bertz CT molecular complexity index is 145. The largest absolute Gasteiger partial charge is 0.390 e. The maximum absolute atomic E-state index is 9.27. The molecule has 3 heteroatoms. The van der Waals surface area contributed by atoms with E-state index in [0.717, 1.165) is 0 Å². The smallest absolute Gasteiger partial charge is 0.0592 e. The van der Waals surface area contributed by atoms with Gasteiger partial charge in [0.2, 0.25) is 0 Å². The van der Waals surface area contributed by atoms with Gasteiger partial charge in [-0.2, -0.15) is 0 Å². The number of rotatable bonds is 6. The minimum absolute atomic E-state index is 0.635. The van der Waals surface area contributed by atoms with Gasteiger partial charge in [0.05, 0.1) is 11.2 Å². The van der Waals surface area contributed by atoms with Gasteiger partial charge in [-0.1, -0.05) is 20.8 Å². The van der Waals surface area contributed by atoms with E-state index in [9.17, 15) is 10.2 Å². The van der Waals surface area contributed by atoms with Gasteiger partial charge in [-0.15, -0.1) is 0 Å². The molecule has 0 amide bonds. The molecule has 0 radical (unpaired) electrons. The zero-order valence-electron chi connectivity index (χ0n) is 12.9. The maximum Gasteiger partial charge on any atom is 0.0592 e. The van der Waals surface area contributed by atoms with Crippen molar-refractivity contribution >= 4 is 0 Å². The van der Waals surface area contributed by atoms with Gasteiger partial charge in [-0.3, -0.25) is 0 Å². The quantitative estimate of drug-likeness (QED) is 0.758. The van der Waals surface area contributed by atoms with Crippen LogP contribution in [0.2, 0.25) is 0 Å². The number of nitrogens with zero attached hydrogens (tertiary/aromatic N) is 1. The molecule has 106 valence electrons. The molecule has 17 heavy (non-hydrogen) atoms. The molecule has 0 heterocycles. The molecule has 0 unspecified atom stereocenters. The van der Waals surface area contributed by atoms with Crippen molar-refractivity contribution in [3.8, 4) is 0 Å². The van der Waals surface area contributed by atoms with E-state index in [2.05, 4.69) is 25.7 Å². The highest BCUT2D eigenvalue weighted by Crippen LogP contribution is 2.17. The van der Waals surface area contributed by atoms with Crippen molar-refractivity contribution in [2.45, 2.75) is 72.5 Å². The summed E-state index contributed by atoms with van der Waals surface area (Å²) in [6, 6.07) is 0. The van der Waals surface area contributed by atoms with E-state index in [1.807, 2.05) is 0 Å². The molecule has 0 aromatic carbocycles. The second-order valence-electron chi connectivity index (χ2n) is 5.74. The highest BCUT2D eigenvalue weighted by molar-refractivity contribution is 4.72. The zero-order chi connectivity index (χ0) is 14.1.